The summed E-state index contributed by atoms with van der Waals surface area (Å²) in [5.41, 5.74) is -1.13. The summed E-state index contributed by atoms with van der Waals surface area (Å²) in [5.74, 6) is -0.988. The van der Waals surface area contributed by atoms with E-state index in [-0.39, 0.29) is 17.7 Å². The van der Waals surface area contributed by atoms with Crippen molar-refractivity contribution in [3.63, 3.8) is 0 Å². The molecule has 2 N–H and O–H groups in total. The quantitative estimate of drug-likeness (QED) is 0.775. The molecule has 0 atom stereocenters. The van der Waals surface area contributed by atoms with Gasteiger partial charge < -0.3 is 9.52 Å². The Morgan fingerprint density at radius 1 is 1.26 bits per heavy atom. The average Bonchev–Trinajstić information content (AvgIpc) is 2.43. The van der Waals surface area contributed by atoms with Crippen LogP contribution >= 0.6 is 0 Å². The normalized spacial score (nSPS) is 12.4. The predicted octanol–water partition coefficient (Wildman–Crippen LogP) is 1.71. The summed E-state index contributed by atoms with van der Waals surface area (Å²) in [6.45, 7) is 3.24. The summed E-state index contributed by atoms with van der Waals surface area (Å²) in [7, 11) is -3.83. The van der Waals surface area contributed by atoms with E-state index < -0.39 is 27.2 Å². The zero-order valence-corrected chi connectivity index (χ0v) is 13.5. The van der Waals surface area contributed by atoms with Crippen LogP contribution in [0.4, 0.5) is 0 Å². The molecule has 1 aromatic carbocycles. The van der Waals surface area contributed by atoms with Gasteiger partial charge in [-0.05, 0) is 44.5 Å². The van der Waals surface area contributed by atoms with Crippen molar-refractivity contribution in [2.24, 2.45) is 0 Å². The topological polar surface area (TPSA) is 114 Å². The van der Waals surface area contributed by atoms with E-state index in [0.29, 0.717) is 11.0 Å². The molecule has 0 aliphatic heterocycles. The number of aliphatic carboxylic acids is 1. The van der Waals surface area contributed by atoms with Crippen LogP contribution in [0.5, 0.6) is 0 Å². The van der Waals surface area contributed by atoms with Crippen molar-refractivity contribution >= 4 is 27.0 Å². The van der Waals surface area contributed by atoms with Gasteiger partial charge in [0.05, 0.1) is 4.90 Å². The van der Waals surface area contributed by atoms with Gasteiger partial charge in [-0.15, -0.1) is 0 Å². The van der Waals surface area contributed by atoms with Gasteiger partial charge >= 0.3 is 11.6 Å². The summed E-state index contributed by atoms with van der Waals surface area (Å²) >= 11 is 0. The molecule has 0 unspecified atom stereocenters. The van der Waals surface area contributed by atoms with Crippen molar-refractivity contribution in [1.82, 2.24) is 4.72 Å². The molecular formula is C15H17NO6S. The Hall–Kier alpha value is -2.19. The van der Waals surface area contributed by atoms with Crippen LogP contribution in [-0.2, 0) is 14.8 Å². The third kappa shape index (κ3) is 4.40. The zero-order chi connectivity index (χ0) is 17.3. The first kappa shape index (κ1) is 17.2. The molecule has 0 fully saturated rings. The van der Waals surface area contributed by atoms with E-state index in [1.807, 2.05) is 0 Å². The Kier molecular flexibility index (Phi) is 4.58. The Bertz CT molecular complexity index is 898. The Morgan fingerprint density at radius 2 is 1.96 bits per heavy atom. The standard InChI is InChI=1S/C15H17NO6S/c1-15(2,8-7-13(17)18)16-23(20,21)11-4-5-12-10(9-11)3-6-14(19)22-12/h3-6,9,16H,7-8H2,1-2H3,(H,17,18). The van der Waals surface area contributed by atoms with Gasteiger partial charge in [-0.25, -0.2) is 17.9 Å². The van der Waals surface area contributed by atoms with E-state index >= 15 is 0 Å². The summed E-state index contributed by atoms with van der Waals surface area (Å²) in [6, 6.07) is 6.84. The van der Waals surface area contributed by atoms with Crippen LogP contribution in [-0.4, -0.2) is 25.0 Å². The van der Waals surface area contributed by atoms with Gasteiger partial charge in [0.2, 0.25) is 10.0 Å². The first-order valence-electron chi connectivity index (χ1n) is 6.89. The maximum Gasteiger partial charge on any atom is 0.336 e. The molecule has 7 nitrogen and oxygen atoms in total. The summed E-state index contributed by atoms with van der Waals surface area (Å²) < 4.78 is 32.4. The lowest BCUT2D eigenvalue weighted by Gasteiger charge is -2.25. The maximum absolute atomic E-state index is 12.5. The van der Waals surface area contributed by atoms with Crippen molar-refractivity contribution < 1.29 is 22.7 Å². The largest absolute Gasteiger partial charge is 0.481 e. The van der Waals surface area contributed by atoms with E-state index in [4.69, 9.17) is 9.52 Å². The zero-order valence-electron chi connectivity index (χ0n) is 12.7. The van der Waals surface area contributed by atoms with Crippen LogP contribution in [0.2, 0.25) is 0 Å². The fourth-order valence-electron chi connectivity index (χ4n) is 2.11. The third-order valence-electron chi connectivity index (χ3n) is 3.28. The van der Waals surface area contributed by atoms with E-state index in [1.165, 1.54) is 30.3 Å². The highest BCUT2D eigenvalue weighted by Crippen LogP contribution is 2.21. The van der Waals surface area contributed by atoms with E-state index in [1.54, 1.807) is 13.8 Å². The summed E-state index contributed by atoms with van der Waals surface area (Å²) in [4.78, 5) is 21.8. The molecule has 8 heteroatoms. The van der Waals surface area contributed by atoms with Crippen LogP contribution in [0.3, 0.4) is 0 Å². The van der Waals surface area contributed by atoms with Gasteiger partial charge in [0.15, 0.2) is 0 Å². The van der Waals surface area contributed by atoms with Crippen LogP contribution in [0, 0.1) is 0 Å². The molecule has 2 rings (SSSR count). The second-order valence-corrected chi connectivity index (χ2v) is 7.52. The highest BCUT2D eigenvalue weighted by molar-refractivity contribution is 7.89. The molecule has 0 radical (unpaired) electrons. The number of hydrogen-bond donors (Lipinski definition) is 2. The summed E-state index contributed by atoms with van der Waals surface area (Å²) in [6.07, 6.45) is 0.0163. The number of hydrogen-bond acceptors (Lipinski definition) is 5. The number of carbonyl (C=O) groups is 1. The SMILES string of the molecule is CC(C)(CCC(=O)O)NS(=O)(=O)c1ccc2oc(=O)ccc2c1. The van der Waals surface area contributed by atoms with Gasteiger partial charge in [0, 0.05) is 23.4 Å². The third-order valence-corrected chi connectivity index (χ3v) is 4.97. The summed E-state index contributed by atoms with van der Waals surface area (Å²) in [5, 5.41) is 9.20. The molecule has 0 bridgehead atoms. The van der Waals surface area contributed by atoms with Gasteiger partial charge in [-0.3, -0.25) is 4.79 Å². The fourth-order valence-corrected chi connectivity index (χ4v) is 3.59. The number of carboxylic acid groups (broad SMARTS) is 1. The molecule has 0 saturated carbocycles. The maximum atomic E-state index is 12.5. The fraction of sp³-hybridized carbons (Fsp3) is 0.333. The van der Waals surface area contributed by atoms with Crippen molar-refractivity contribution in [1.29, 1.82) is 0 Å². The Morgan fingerprint density at radius 3 is 2.61 bits per heavy atom. The number of nitrogens with one attached hydrogen (secondary N) is 1. The molecule has 1 aromatic heterocycles. The van der Waals surface area contributed by atoms with Crippen LogP contribution in [0.25, 0.3) is 11.0 Å². The first-order valence-corrected chi connectivity index (χ1v) is 8.37. The van der Waals surface area contributed by atoms with E-state index in [0.717, 1.165) is 0 Å². The lowest BCUT2D eigenvalue weighted by Crippen LogP contribution is -2.43. The molecule has 23 heavy (non-hydrogen) atoms. The smallest absolute Gasteiger partial charge is 0.336 e. The van der Waals surface area contributed by atoms with Crippen molar-refractivity contribution in [3.8, 4) is 0 Å². The van der Waals surface area contributed by atoms with Crippen LogP contribution in [0.1, 0.15) is 26.7 Å². The molecule has 0 spiro atoms. The lowest BCUT2D eigenvalue weighted by molar-refractivity contribution is -0.137. The minimum absolute atomic E-state index is 0.0160. The Balaban J connectivity index is 2.30. The molecule has 0 aliphatic carbocycles. The van der Waals surface area contributed by atoms with Crippen LogP contribution < -0.4 is 10.3 Å². The van der Waals surface area contributed by atoms with E-state index in [2.05, 4.69) is 4.72 Å². The molecule has 1 heterocycles. The van der Waals surface area contributed by atoms with Gasteiger partial charge in [-0.2, -0.15) is 0 Å². The molecule has 124 valence electrons. The van der Waals surface area contributed by atoms with Gasteiger partial charge in [0.25, 0.3) is 0 Å². The number of carboxylic acids is 1. The molecule has 0 amide bonds. The van der Waals surface area contributed by atoms with Crippen molar-refractivity contribution in [3.05, 3.63) is 40.8 Å². The molecule has 0 saturated heterocycles. The number of sulfonamides is 1. The highest BCUT2D eigenvalue weighted by atomic mass is 32.2. The van der Waals surface area contributed by atoms with Crippen molar-refractivity contribution in [2.75, 3.05) is 0 Å². The van der Waals surface area contributed by atoms with Crippen LogP contribution in [0.15, 0.2) is 44.4 Å². The molecule has 2 aromatic rings. The second-order valence-electron chi connectivity index (χ2n) is 5.84. The van der Waals surface area contributed by atoms with Gasteiger partial charge in [0.1, 0.15) is 5.58 Å². The van der Waals surface area contributed by atoms with Gasteiger partial charge in [-0.1, -0.05) is 0 Å². The van der Waals surface area contributed by atoms with E-state index in [9.17, 15) is 18.0 Å². The number of rotatable bonds is 6. The Labute approximate surface area is 133 Å². The number of benzene rings is 1. The second kappa shape index (κ2) is 6.13. The lowest BCUT2D eigenvalue weighted by atomic mass is 10.0. The average molecular weight is 339 g/mol. The molecule has 0 aliphatic rings. The minimum atomic E-state index is -3.83. The molecular weight excluding hydrogens is 322 g/mol. The van der Waals surface area contributed by atoms with Crippen molar-refractivity contribution in [2.45, 2.75) is 37.1 Å². The highest BCUT2D eigenvalue weighted by Gasteiger charge is 2.27. The predicted molar refractivity (Wildman–Crippen MR) is 83.8 cm³/mol. The monoisotopic (exact) mass is 339 g/mol. The first-order chi connectivity index (χ1) is 10.6. The number of fused-ring (bicyclic) bond motifs is 1. The minimum Gasteiger partial charge on any atom is -0.481 e.